The van der Waals surface area contributed by atoms with Crippen LogP contribution in [-0.2, 0) is 6.54 Å². The van der Waals surface area contributed by atoms with Gasteiger partial charge in [0.05, 0.1) is 5.69 Å². The first-order chi connectivity index (χ1) is 8.66. The molecule has 0 aliphatic carbocycles. The van der Waals surface area contributed by atoms with Gasteiger partial charge in [0.2, 0.25) is 0 Å². The molecule has 0 unspecified atom stereocenters. The summed E-state index contributed by atoms with van der Waals surface area (Å²) in [6, 6.07) is 0.630. The molecule has 0 aliphatic rings. The number of hydrogen-bond donors (Lipinski definition) is 1. The summed E-state index contributed by atoms with van der Waals surface area (Å²) < 4.78 is 2.08. The number of rotatable bonds is 7. The van der Waals surface area contributed by atoms with Gasteiger partial charge in [0.25, 0.3) is 0 Å². The van der Waals surface area contributed by atoms with Crippen molar-refractivity contribution in [3.8, 4) is 0 Å². The molecular formula is C13H22N4S. The van der Waals surface area contributed by atoms with E-state index in [2.05, 4.69) is 52.1 Å². The van der Waals surface area contributed by atoms with Crippen LogP contribution in [0.2, 0.25) is 0 Å². The highest BCUT2D eigenvalue weighted by Gasteiger charge is 2.03. The van der Waals surface area contributed by atoms with E-state index in [1.54, 1.807) is 11.3 Å². The number of nitrogens with one attached hydrogen (secondary N) is 1. The molecular weight excluding hydrogens is 244 g/mol. The maximum atomic E-state index is 4.54. The molecule has 0 aliphatic heterocycles. The Hall–Kier alpha value is -0.910. The minimum atomic E-state index is 0.630. The van der Waals surface area contributed by atoms with Gasteiger partial charge in [-0.1, -0.05) is 0 Å². The Bertz CT molecular complexity index is 445. The van der Waals surface area contributed by atoms with E-state index in [1.165, 1.54) is 6.42 Å². The lowest BCUT2D eigenvalue weighted by Gasteiger charge is -2.20. The van der Waals surface area contributed by atoms with Crippen molar-refractivity contribution < 1.29 is 0 Å². The summed E-state index contributed by atoms with van der Waals surface area (Å²) in [6.07, 6.45) is 5.32. The molecule has 18 heavy (non-hydrogen) atoms. The van der Waals surface area contributed by atoms with E-state index in [0.29, 0.717) is 6.04 Å². The Kier molecular flexibility index (Phi) is 4.74. The molecule has 2 aromatic heterocycles. The van der Waals surface area contributed by atoms with Crippen LogP contribution in [-0.4, -0.2) is 40.5 Å². The van der Waals surface area contributed by atoms with Crippen LogP contribution in [0.3, 0.4) is 0 Å². The van der Waals surface area contributed by atoms with Crippen LogP contribution in [0.1, 0.15) is 26.0 Å². The van der Waals surface area contributed by atoms with Gasteiger partial charge in [-0.15, -0.1) is 11.3 Å². The van der Waals surface area contributed by atoms with Crippen molar-refractivity contribution in [1.29, 1.82) is 0 Å². The number of nitrogens with zero attached hydrogens (tertiary/aromatic N) is 3. The van der Waals surface area contributed by atoms with E-state index >= 15 is 0 Å². The number of aromatic nitrogens is 2. The minimum absolute atomic E-state index is 0.630. The first-order valence-electron chi connectivity index (χ1n) is 6.49. The van der Waals surface area contributed by atoms with Gasteiger partial charge in [-0.3, -0.25) is 4.40 Å². The molecule has 0 bridgehead atoms. The standard InChI is InChI=1S/C13H22N4S/c1-11(2)16(3)6-4-5-14-9-12-10-17-7-8-18-13(17)15-12/h7-8,10-11,14H,4-6,9H2,1-3H3. The summed E-state index contributed by atoms with van der Waals surface area (Å²) in [5, 5.41) is 5.51. The molecule has 1 N–H and O–H groups in total. The summed E-state index contributed by atoms with van der Waals surface area (Å²) in [6.45, 7) is 7.50. The maximum Gasteiger partial charge on any atom is 0.193 e. The second-order valence-electron chi connectivity index (χ2n) is 4.93. The van der Waals surface area contributed by atoms with Crippen molar-refractivity contribution in [2.75, 3.05) is 20.1 Å². The van der Waals surface area contributed by atoms with Crippen molar-refractivity contribution in [3.05, 3.63) is 23.5 Å². The van der Waals surface area contributed by atoms with Gasteiger partial charge in [-0.2, -0.15) is 0 Å². The second kappa shape index (κ2) is 6.31. The average molecular weight is 266 g/mol. The summed E-state index contributed by atoms with van der Waals surface area (Å²) in [5.41, 5.74) is 1.12. The van der Waals surface area contributed by atoms with Crippen LogP contribution in [0.15, 0.2) is 17.8 Å². The highest BCUT2D eigenvalue weighted by atomic mass is 32.1. The number of hydrogen-bond acceptors (Lipinski definition) is 4. The number of thiazole rings is 1. The van der Waals surface area contributed by atoms with Gasteiger partial charge < -0.3 is 10.2 Å². The highest BCUT2D eigenvalue weighted by molar-refractivity contribution is 7.15. The number of imidazole rings is 1. The maximum absolute atomic E-state index is 4.54. The first-order valence-corrected chi connectivity index (χ1v) is 7.37. The van der Waals surface area contributed by atoms with Gasteiger partial charge in [0, 0.05) is 30.4 Å². The van der Waals surface area contributed by atoms with Gasteiger partial charge in [0.1, 0.15) is 0 Å². The van der Waals surface area contributed by atoms with E-state index in [1.807, 2.05) is 6.20 Å². The van der Waals surface area contributed by atoms with Crippen LogP contribution >= 0.6 is 11.3 Å². The molecule has 0 saturated carbocycles. The summed E-state index contributed by atoms with van der Waals surface area (Å²) >= 11 is 1.68. The average Bonchev–Trinajstić information content (AvgIpc) is 2.88. The second-order valence-corrected chi connectivity index (χ2v) is 5.80. The van der Waals surface area contributed by atoms with Crippen LogP contribution in [0.4, 0.5) is 0 Å². The Balaban J connectivity index is 1.65. The topological polar surface area (TPSA) is 32.6 Å². The zero-order valence-corrected chi connectivity index (χ0v) is 12.2. The Morgan fingerprint density at radius 1 is 1.50 bits per heavy atom. The quantitative estimate of drug-likeness (QED) is 0.780. The predicted molar refractivity (Wildman–Crippen MR) is 77.2 cm³/mol. The fourth-order valence-corrected chi connectivity index (χ4v) is 2.51. The fraction of sp³-hybridized carbons (Fsp3) is 0.615. The van der Waals surface area contributed by atoms with Crippen LogP contribution in [0.25, 0.3) is 4.96 Å². The molecule has 2 rings (SSSR count). The largest absolute Gasteiger partial charge is 0.311 e. The zero-order chi connectivity index (χ0) is 13.0. The van der Waals surface area contributed by atoms with Gasteiger partial charge in [-0.05, 0) is 40.4 Å². The zero-order valence-electron chi connectivity index (χ0n) is 11.4. The third-order valence-corrected chi connectivity index (χ3v) is 3.97. The molecule has 100 valence electrons. The molecule has 2 aromatic rings. The van der Waals surface area contributed by atoms with Crippen molar-refractivity contribution in [1.82, 2.24) is 19.6 Å². The SMILES string of the molecule is CC(C)N(C)CCCNCc1cn2ccsc2n1. The molecule has 0 aromatic carbocycles. The summed E-state index contributed by atoms with van der Waals surface area (Å²) in [4.78, 5) is 7.99. The van der Waals surface area contributed by atoms with Crippen molar-refractivity contribution >= 4 is 16.3 Å². The van der Waals surface area contributed by atoms with Gasteiger partial charge in [0.15, 0.2) is 4.96 Å². The monoisotopic (exact) mass is 266 g/mol. The van der Waals surface area contributed by atoms with E-state index in [-0.39, 0.29) is 0 Å². The van der Waals surface area contributed by atoms with Gasteiger partial charge >= 0.3 is 0 Å². The molecule has 5 heteroatoms. The van der Waals surface area contributed by atoms with Crippen LogP contribution < -0.4 is 5.32 Å². The van der Waals surface area contributed by atoms with Crippen molar-refractivity contribution in [2.24, 2.45) is 0 Å². The third kappa shape index (κ3) is 3.54. The molecule has 0 radical (unpaired) electrons. The van der Waals surface area contributed by atoms with E-state index in [4.69, 9.17) is 0 Å². The lowest BCUT2D eigenvalue weighted by Crippen LogP contribution is -2.29. The van der Waals surface area contributed by atoms with Crippen LogP contribution in [0.5, 0.6) is 0 Å². The smallest absolute Gasteiger partial charge is 0.193 e. The van der Waals surface area contributed by atoms with E-state index in [0.717, 1.165) is 30.3 Å². The first kappa shape index (κ1) is 13.5. The highest BCUT2D eigenvalue weighted by Crippen LogP contribution is 2.10. The third-order valence-electron chi connectivity index (χ3n) is 3.20. The summed E-state index contributed by atoms with van der Waals surface area (Å²) in [5.74, 6) is 0. The molecule has 2 heterocycles. The molecule has 0 amide bonds. The van der Waals surface area contributed by atoms with E-state index < -0.39 is 0 Å². The number of fused-ring (bicyclic) bond motifs is 1. The predicted octanol–water partition coefficient (Wildman–Crippen LogP) is 2.22. The Morgan fingerprint density at radius 3 is 3.06 bits per heavy atom. The van der Waals surface area contributed by atoms with Crippen molar-refractivity contribution in [3.63, 3.8) is 0 Å². The Labute approximate surface area is 113 Å². The van der Waals surface area contributed by atoms with Gasteiger partial charge in [-0.25, -0.2) is 4.98 Å². The van der Waals surface area contributed by atoms with Crippen LogP contribution in [0, 0.1) is 0 Å². The lowest BCUT2D eigenvalue weighted by molar-refractivity contribution is 0.269. The molecule has 0 spiro atoms. The molecule has 0 fully saturated rings. The Morgan fingerprint density at radius 2 is 2.33 bits per heavy atom. The normalized spacial score (nSPS) is 12.1. The molecule has 0 saturated heterocycles. The molecule has 0 atom stereocenters. The lowest BCUT2D eigenvalue weighted by atomic mass is 10.3. The van der Waals surface area contributed by atoms with Crippen molar-refractivity contribution in [2.45, 2.75) is 32.9 Å². The summed E-state index contributed by atoms with van der Waals surface area (Å²) in [7, 11) is 2.17. The van der Waals surface area contributed by atoms with E-state index in [9.17, 15) is 0 Å². The fourth-order valence-electron chi connectivity index (χ4n) is 1.79. The minimum Gasteiger partial charge on any atom is -0.311 e. The molecule has 4 nitrogen and oxygen atoms in total.